The van der Waals surface area contributed by atoms with Gasteiger partial charge >= 0.3 is 13.8 Å². The molecule has 0 radical (unpaired) electrons. The highest BCUT2D eigenvalue weighted by molar-refractivity contribution is 7.47. The zero-order valence-electron chi connectivity index (χ0n) is 38.6. The quantitative estimate of drug-likeness (QED) is 0.0269. The highest BCUT2D eigenvalue weighted by Gasteiger charge is 2.25. The van der Waals surface area contributed by atoms with Crippen molar-refractivity contribution in [2.24, 2.45) is 5.73 Å². The van der Waals surface area contributed by atoms with Crippen molar-refractivity contribution >= 4 is 13.8 Å². The van der Waals surface area contributed by atoms with E-state index in [0.29, 0.717) is 13.0 Å². The largest absolute Gasteiger partial charge is 0.472 e. The predicted molar refractivity (Wildman–Crippen MR) is 247 cm³/mol. The standard InChI is InChI=1S/C49H98NO7P/c1-3-5-7-9-11-13-15-17-19-21-22-23-24-25-26-27-28-30-32-34-36-38-40-42-49(51)57-48(47-56-58(52,53)55-45-43-50)46-54-44-41-39-37-35-33-31-29-20-18-16-14-12-10-8-6-4-2/h21-22,48H,3-20,23-47,50H2,1-2H3,(H,52,53)/b22-21-. The van der Waals surface area contributed by atoms with E-state index < -0.39 is 13.9 Å². The number of phosphoric ester groups is 1. The van der Waals surface area contributed by atoms with Crippen molar-refractivity contribution in [3.05, 3.63) is 12.2 Å². The molecule has 0 aliphatic heterocycles. The minimum absolute atomic E-state index is 0.0917. The van der Waals surface area contributed by atoms with Gasteiger partial charge in [0.05, 0.1) is 19.8 Å². The molecule has 9 heteroatoms. The molecule has 2 unspecified atom stereocenters. The summed E-state index contributed by atoms with van der Waals surface area (Å²) in [7, 11) is -4.27. The summed E-state index contributed by atoms with van der Waals surface area (Å²) in [5.74, 6) is -0.325. The van der Waals surface area contributed by atoms with E-state index in [1.165, 1.54) is 205 Å². The van der Waals surface area contributed by atoms with Crippen LogP contribution in [-0.4, -0.2) is 49.9 Å². The van der Waals surface area contributed by atoms with Gasteiger partial charge in [-0.05, 0) is 38.5 Å². The fourth-order valence-corrected chi connectivity index (χ4v) is 8.23. The van der Waals surface area contributed by atoms with Gasteiger partial charge in [-0.2, -0.15) is 0 Å². The molecule has 58 heavy (non-hydrogen) atoms. The Morgan fingerprint density at radius 1 is 0.500 bits per heavy atom. The zero-order chi connectivity index (χ0) is 42.3. The average molecular weight is 844 g/mol. The van der Waals surface area contributed by atoms with Crippen LogP contribution < -0.4 is 5.73 Å². The van der Waals surface area contributed by atoms with Crippen LogP contribution in [-0.2, 0) is 27.9 Å². The molecule has 2 atom stereocenters. The Balaban J connectivity index is 3.90. The second kappa shape index (κ2) is 47.3. The number of nitrogens with two attached hydrogens (primary N) is 1. The summed E-state index contributed by atoms with van der Waals surface area (Å²) in [6, 6.07) is 0. The van der Waals surface area contributed by atoms with Gasteiger partial charge in [-0.1, -0.05) is 225 Å². The Morgan fingerprint density at radius 3 is 1.26 bits per heavy atom. The van der Waals surface area contributed by atoms with E-state index in [-0.39, 0.29) is 32.3 Å². The zero-order valence-corrected chi connectivity index (χ0v) is 39.5. The van der Waals surface area contributed by atoms with Gasteiger partial charge in [0.2, 0.25) is 0 Å². The van der Waals surface area contributed by atoms with E-state index in [2.05, 4.69) is 26.0 Å². The van der Waals surface area contributed by atoms with Crippen molar-refractivity contribution in [2.75, 3.05) is 33.0 Å². The third kappa shape index (κ3) is 46.3. The van der Waals surface area contributed by atoms with E-state index in [1.54, 1.807) is 0 Å². The van der Waals surface area contributed by atoms with Crippen LogP contribution in [0.1, 0.15) is 258 Å². The minimum atomic E-state index is -4.27. The molecule has 0 saturated heterocycles. The molecule has 0 spiro atoms. The molecule has 0 aromatic rings. The van der Waals surface area contributed by atoms with Crippen LogP contribution in [0.25, 0.3) is 0 Å². The first-order chi connectivity index (χ1) is 28.4. The lowest BCUT2D eigenvalue weighted by Gasteiger charge is -2.20. The first-order valence-electron chi connectivity index (χ1n) is 25.2. The van der Waals surface area contributed by atoms with Gasteiger partial charge in [0, 0.05) is 19.6 Å². The summed E-state index contributed by atoms with van der Waals surface area (Å²) in [5, 5.41) is 0. The van der Waals surface area contributed by atoms with Crippen LogP contribution in [0.3, 0.4) is 0 Å². The number of allylic oxidation sites excluding steroid dienone is 2. The Bertz CT molecular complexity index is 904. The first-order valence-corrected chi connectivity index (χ1v) is 26.7. The first kappa shape index (κ1) is 57.2. The van der Waals surface area contributed by atoms with Crippen LogP contribution >= 0.6 is 7.82 Å². The molecule has 0 rings (SSSR count). The maximum atomic E-state index is 12.6. The molecule has 346 valence electrons. The summed E-state index contributed by atoms with van der Waals surface area (Å²) in [6.07, 6.45) is 52.4. The smallest absolute Gasteiger partial charge is 0.457 e. The molecular formula is C49H98NO7P. The average Bonchev–Trinajstić information content (AvgIpc) is 3.21. The molecule has 0 aliphatic rings. The van der Waals surface area contributed by atoms with Crippen molar-refractivity contribution in [1.82, 2.24) is 0 Å². The number of hydrogen-bond acceptors (Lipinski definition) is 7. The van der Waals surface area contributed by atoms with Gasteiger partial charge in [0.25, 0.3) is 0 Å². The number of hydrogen-bond donors (Lipinski definition) is 2. The predicted octanol–water partition coefficient (Wildman–Crippen LogP) is 15.4. The molecule has 0 aromatic carbocycles. The maximum absolute atomic E-state index is 12.6. The molecule has 0 bridgehead atoms. The SMILES string of the molecule is CCCCCCCCCC/C=C\CCCCCCCCCCCCCC(=O)OC(COCCCCCCCCCCCCCCCCCC)COP(=O)(O)OCCN. The van der Waals surface area contributed by atoms with Crippen molar-refractivity contribution in [2.45, 2.75) is 264 Å². The van der Waals surface area contributed by atoms with Crippen LogP contribution in [0.4, 0.5) is 0 Å². The van der Waals surface area contributed by atoms with E-state index in [1.807, 2.05) is 0 Å². The normalized spacial score (nSPS) is 13.4. The minimum Gasteiger partial charge on any atom is -0.457 e. The van der Waals surface area contributed by atoms with E-state index in [0.717, 1.165) is 32.1 Å². The highest BCUT2D eigenvalue weighted by Crippen LogP contribution is 2.43. The lowest BCUT2D eigenvalue weighted by atomic mass is 10.0. The van der Waals surface area contributed by atoms with E-state index in [9.17, 15) is 14.3 Å². The van der Waals surface area contributed by atoms with Crippen molar-refractivity contribution in [3.8, 4) is 0 Å². The third-order valence-corrected chi connectivity index (χ3v) is 12.2. The van der Waals surface area contributed by atoms with Gasteiger partial charge in [-0.25, -0.2) is 4.57 Å². The molecule has 0 amide bonds. The molecule has 8 nitrogen and oxygen atoms in total. The second-order valence-electron chi connectivity index (χ2n) is 17.0. The lowest BCUT2D eigenvalue weighted by molar-refractivity contribution is -0.154. The Labute approximate surface area is 360 Å². The van der Waals surface area contributed by atoms with Crippen LogP contribution in [0, 0.1) is 0 Å². The number of carbonyl (C=O) groups excluding carboxylic acids is 1. The van der Waals surface area contributed by atoms with Crippen molar-refractivity contribution in [1.29, 1.82) is 0 Å². The number of carbonyl (C=O) groups is 1. The van der Waals surface area contributed by atoms with Crippen molar-refractivity contribution in [3.63, 3.8) is 0 Å². The summed E-state index contributed by atoms with van der Waals surface area (Å²) >= 11 is 0. The Kier molecular flexibility index (Phi) is 46.7. The number of phosphoric acid groups is 1. The second-order valence-corrected chi connectivity index (χ2v) is 18.5. The van der Waals surface area contributed by atoms with Gasteiger partial charge < -0.3 is 20.1 Å². The number of rotatable bonds is 49. The summed E-state index contributed by atoms with van der Waals surface area (Å²) in [6.45, 7) is 4.99. The summed E-state index contributed by atoms with van der Waals surface area (Å²) < 4.78 is 33.6. The number of unbranched alkanes of at least 4 members (excludes halogenated alkanes) is 34. The monoisotopic (exact) mass is 844 g/mol. The van der Waals surface area contributed by atoms with Gasteiger partial charge in [0.15, 0.2) is 0 Å². The van der Waals surface area contributed by atoms with Crippen LogP contribution in [0.2, 0.25) is 0 Å². The van der Waals surface area contributed by atoms with Crippen LogP contribution in [0.15, 0.2) is 12.2 Å². The molecule has 0 heterocycles. The molecule has 0 fully saturated rings. The molecule has 3 N–H and O–H groups in total. The highest BCUT2D eigenvalue weighted by atomic mass is 31.2. The maximum Gasteiger partial charge on any atom is 0.472 e. The summed E-state index contributed by atoms with van der Waals surface area (Å²) in [5.41, 5.74) is 5.39. The molecule has 0 saturated carbocycles. The van der Waals surface area contributed by atoms with Gasteiger partial charge in [-0.15, -0.1) is 0 Å². The fraction of sp³-hybridized carbons (Fsp3) is 0.939. The van der Waals surface area contributed by atoms with Gasteiger partial charge in [0.1, 0.15) is 6.10 Å². The third-order valence-electron chi connectivity index (χ3n) is 11.2. The number of ether oxygens (including phenoxy) is 2. The lowest BCUT2D eigenvalue weighted by Crippen LogP contribution is -2.28. The topological polar surface area (TPSA) is 117 Å². The number of esters is 1. The molecule has 0 aromatic heterocycles. The van der Waals surface area contributed by atoms with Crippen molar-refractivity contribution < 1.29 is 32.8 Å². The van der Waals surface area contributed by atoms with Crippen LogP contribution in [0.5, 0.6) is 0 Å². The van der Waals surface area contributed by atoms with E-state index >= 15 is 0 Å². The Morgan fingerprint density at radius 2 is 0.862 bits per heavy atom. The van der Waals surface area contributed by atoms with Gasteiger partial charge in [-0.3, -0.25) is 13.8 Å². The molecule has 0 aliphatic carbocycles. The molecular weight excluding hydrogens is 746 g/mol. The Hall–Kier alpha value is -0.760. The fourth-order valence-electron chi connectivity index (χ4n) is 7.46. The van der Waals surface area contributed by atoms with E-state index in [4.69, 9.17) is 24.3 Å². The summed E-state index contributed by atoms with van der Waals surface area (Å²) in [4.78, 5) is 22.6.